The zero-order valence-electron chi connectivity index (χ0n) is 9.90. The molecule has 0 saturated carbocycles. The summed E-state index contributed by atoms with van der Waals surface area (Å²) in [4.78, 5) is 28.7. The molecule has 0 aliphatic rings. The van der Waals surface area contributed by atoms with Gasteiger partial charge >= 0.3 is 4.87 Å². The first-order chi connectivity index (χ1) is 9.24. The molecule has 2 aromatic heterocycles. The minimum Gasteiger partial charge on any atom is -0.360 e. The summed E-state index contributed by atoms with van der Waals surface area (Å²) in [7, 11) is 0. The lowest BCUT2D eigenvalue weighted by molar-refractivity contribution is 0.0952. The summed E-state index contributed by atoms with van der Waals surface area (Å²) in [5, 5.41) is 5.38. The van der Waals surface area contributed by atoms with Crippen molar-refractivity contribution in [2.75, 3.05) is 0 Å². The molecule has 0 atom stereocenters. The average Bonchev–Trinajstić information content (AvgIpc) is 3.02. The molecule has 0 bridgehead atoms. The van der Waals surface area contributed by atoms with Crippen molar-refractivity contribution < 1.29 is 4.79 Å². The van der Waals surface area contributed by atoms with Crippen LogP contribution in [0.4, 0.5) is 0 Å². The third kappa shape index (κ3) is 2.30. The number of carbonyl (C=O) groups excluding carboxylic acids is 1. The Balaban J connectivity index is 1.78. The van der Waals surface area contributed by atoms with Gasteiger partial charge in [-0.15, -0.1) is 0 Å². The third-order valence-corrected chi connectivity index (χ3v) is 3.56. The van der Waals surface area contributed by atoms with Crippen molar-refractivity contribution >= 4 is 28.1 Å². The monoisotopic (exact) mass is 273 g/mol. The lowest BCUT2D eigenvalue weighted by Crippen LogP contribution is -2.23. The smallest absolute Gasteiger partial charge is 0.304 e. The van der Waals surface area contributed by atoms with Crippen LogP contribution in [0, 0.1) is 0 Å². The van der Waals surface area contributed by atoms with Gasteiger partial charge in [-0.25, -0.2) is 0 Å². The van der Waals surface area contributed by atoms with Crippen molar-refractivity contribution in [3.05, 3.63) is 56.8 Å². The van der Waals surface area contributed by atoms with Crippen molar-refractivity contribution in [1.29, 1.82) is 0 Å². The SMILES string of the molecule is O=C(NCc1csc(=O)[nH]1)c1c[nH]c2ccccc12. The van der Waals surface area contributed by atoms with Crippen LogP contribution in [0.1, 0.15) is 16.1 Å². The fraction of sp³-hybridized carbons (Fsp3) is 0.0769. The summed E-state index contributed by atoms with van der Waals surface area (Å²) < 4.78 is 0. The maximum Gasteiger partial charge on any atom is 0.304 e. The highest BCUT2D eigenvalue weighted by Gasteiger charge is 2.11. The van der Waals surface area contributed by atoms with Crippen LogP contribution in [0.5, 0.6) is 0 Å². The largest absolute Gasteiger partial charge is 0.360 e. The van der Waals surface area contributed by atoms with Crippen molar-refractivity contribution in [2.45, 2.75) is 6.54 Å². The molecule has 3 rings (SSSR count). The fourth-order valence-corrected chi connectivity index (χ4v) is 2.51. The van der Waals surface area contributed by atoms with Crippen molar-refractivity contribution in [3.8, 4) is 0 Å². The normalized spacial score (nSPS) is 10.7. The number of carbonyl (C=O) groups is 1. The molecule has 3 aromatic rings. The van der Waals surface area contributed by atoms with Crippen LogP contribution in [-0.4, -0.2) is 15.9 Å². The molecule has 0 saturated heterocycles. The number of amides is 1. The van der Waals surface area contributed by atoms with E-state index < -0.39 is 0 Å². The number of thiazole rings is 1. The van der Waals surface area contributed by atoms with Crippen LogP contribution >= 0.6 is 11.3 Å². The van der Waals surface area contributed by atoms with E-state index in [1.807, 2.05) is 24.3 Å². The van der Waals surface area contributed by atoms with Crippen molar-refractivity contribution in [2.24, 2.45) is 0 Å². The molecular formula is C13H11N3O2S. The number of fused-ring (bicyclic) bond motifs is 1. The van der Waals surface area contributed by atoms with Gasteiger partial charge in [0.25, 0.3) is 5.91 Å². The molecule has 0 radical (unpaired) electrons. The standard InChI is InChI=1S/C13H11N3O2S/c17-12(15-5-8-7-19-13(18)16-8)10-6-14-11-4-2-1-3-9(10)11/h1-4,6-7,14H,5H2,(H,15,17)(H,16,18). The number of aromatic amines is 2. The number of aromatic nitrogens is 2. The van der Waals surface area contributed by atoms with E-state index in [0.717, 1.165) is 22.2 Å². The van der Waals surface area contributed by atoms with Gasteiger partial charge in [-0.3, -0.25) is 9.59 Å². The Hall–Kier alpha value is -2.34. The molecule has 0 aliphatic heterocycles. The van der Waals surface area contributed by atoms with E-state index in [1.165, 1.54) is 0 Å². The third-order valence-electron chi connectivity index (χ3n) is 2.84. The zero-order valence-corrected chi connectivity index (χ0v) is 10.7. The van der Waals surface area contributed by atoms with E-state index in [2.05, 4.69) is 15.3 Å². The average molecular weight is 273 g/mol. The number of nitrogens with one attached hydrogen (secondary N) is 3. The highest BCUT2D eigenvalue weighted by atomic mass is 32.1. The van der Waals surface area contributed by atoms with Crippen LogP contribution in [0.2, 0.25) is 0 Å². The first kappa shape index (κ1) is 11.7. The van der Waals surface area contributed by atoms with Gasteiger partial charge < -0.3 is 15.3 Å². The Morgan fingerprint density at radius 2 is 2.16 bits per heavy atom. The van der Waals surface area contributed by atoms with Crippen LogP contribution in [0.3, 0.4) is 0 Å². The second-order valence-corrected chi connectivity index (χ2v) is 4.95. The molecule has 19 heavy (non-hydrogen) atoms. The Morgan fingerprint density at radius 3 is 2.95 bits per heavy atom. The van der Waals surface area contributed by atoms with Gasteiger partial charge in [0.2, 0.25) is 0 Å². The summed E-state index contributed by atoms with van der Waals surface area (Å²) in [5.74, 6) is -0.163. The summed E-state index contributed by atoms with van der Waals surface area (Å²) in [6.45, 7) is 0.317. The quantitative estimate of drug-likeness (QED) is 0.681. The van der Waals surface area contributed by atoms with Crippen LogP contribution < -0.4 is 10.2 Å². The first-order valence-corrected chi connectivity index (χ1v) is 6.63. The van der Waals surface area contributed by atoms with E-state index in [1.54, 1.807) is 11.6 Å². The molecule has 96 valence electrons. The minimum absolute atomic E-state index is 0.114. The van der Waals surface area contributed by atoms with Gasteiger partial charge in [-0.05, 0) is 6.07 Å². The number of rotatable bonds is 3. The molecule has 1 aromatic carbocycles. The molecule has 0 unspecified atom stereocenters. The van der Waals surface area contributed by atoms with E-state index in [9.17, 15) is 9.59 Å². The number of H-pyrrole nitrogens is 2. The van der Waals surface area contributed by atoms with Gasteiger partial charge in [0.1, 0.15) is 0 Å². The van der Waals surface area contributed by atoms with Gasteiger partial charge in [-0.1, -0.05) is 29.5 Å². The summed E-state index contributed by atoms with van der Waals surface area (Å²) in [6.07, 6.45) is 1.69. The van der Waals surface area contributed by atoms with E-state index in [-0.39, 0.29) is 10.8 Å². The molecule has 0 aliphatic carbocycles. The summed E-state index contributed by atoms with van der Waals surface area (Å²) in [6, 6.07) is 7.62. The first-order valence-electron chi connectivity index (χ1n) is 5.75. The Morgan fingerprint density at radius 1 is 1.32 bits per heavy atom. The van der Waals surface area contributed by atoms with E-state index >= 15 is 0 Å². The van der Waals surface area contributed by atoms with Crippen LogP contribution in [-0.2, 0) is 6.54 Å². The van der Waals surface area contributed by atoms with Gasteiger partial charge in [0, 0.05) is 28.2 Å². The topological polar surface area (TPSA) is 77.8 Å². The molecule has 3 N–H and O–H groups in total. The second kappa shape index (κ2) is 4.74. The number of hydrogen-bond acceptors (Lipinski definition) is 3. The molecular weight excluding hydrogens is 262 g/mol. The van der Waals surface area contributed by atoms with Gasteiger partial charge in [0.15, 0.2) is 0 Å². The molecule has 1 amide bonds. The zero-order chi connectivity index (χ0) is 13.2. The van der Waals surface area contributed by atoms with Gasteiger partial charge in [0.05, 0.1) is 12.1 Å². The Labute approximate surface area is 112 Å². The highest BCUT2D eigenvalue weighted by Crippen LogP contribution is 2.17. The lowest BCUT2D eigenvalue weighted by Gasteiger charge is -2.02. The van der Waals surface area contributed by atoms with Crippen LogP contribution in [0.15, 0.2) is 40.6 Å². The second-order valence-electron chi connectivity index (χ2n) is 4.10. The molecule has 6 heteroatoms. The number of para-hydroxylation sites is 1. The van der Waals surface area contributed by atoms with Crippen LogP contribution in [0.25, 0.3) is 10.9 Å². The molecule has 5 nitrogen and oxygen atoms in total. The summed E-state index contributed by atoms with van der Waals surface area (Å²) >= 11 is 1.09. The molecule has 0 fully saturated rings. The van der Waals surface area contributed by atoms with Gasteiger partial charge in [-0.2, -0.15) is 0 Å². The lowest BCUT2D eigenvalue weighted by atomic mass is 10.1. The minimum atomic E-state index is -0.163. The number of hydrogen-bond donors (Lipinski definition) is 3. The van der Waals surface area contributed by atoms with E-state index in [0.29, 0.717) is 17.8 Å². The Kier molecular flexibility index (Phi) is 2.92. The van der Waals surface area contributed by atoms with Crippen molar-refractivity contribution in [1.82, 2.24) is 15.3 Å². The molecule has 2 heterocycles. The Bertz CT molecular complexity index is 784. The van der Waals surface area contributed by atoms with Crippen molar-refractivity contribution in [3.63, 3.8) is 0 Å². The highest BCUT2D eigenvalue weighted by molar-refractivity contribution is 7.07. The maximum absolute atomic E-state index is 12.1. The number of benzene rings is 1. The predicted molar refractivity (Wildman–Crippen MR) is 74.4 cm³/mol. The summed E-state index contributed by atoms with van der Waals surface area (Å²) in [5.41, 5.74) is 2.24. The fourth-order valence-electron chi connectivity index (χ4n) is 1.93. The maximum atomic E-state index is 12.1. The molecule has 0 spiro atoms. The van der Waals surface area contributed by atoms with E-state index in [4.69, 9.17) is 0 Å². The predicted octanol–water partition coefficient (Wildman–Crippen LogP) is 1.85.